The standard InChI is InChI=1S/C10H17N/c1-4-7-9(6-3)10(11)8-5-2/h4,6-7,10H,1,3,5,8,11H2,2H3/b9-7+. The molecule has 0 aromatic rings. The fraction of sp³-hybridized carbons (Fsp3) is 0.400. The van der Waals surface area contributed by atoms with Gasteiger partial charge in [-0.25, -0.2) is 0 Å². The summed E-state index contributed by atoms with van der Waals surface area (Å²) < 4.78 is 0. The molecule has 11 heavy (non-hydrogen) atoms. The van der Waals surface area contributed by atoms with Gasteiger partial charge in [-0.2, -0.15) is 0 Å². The van der Waals surface area contributed by atoms with Crippen LogP contribution >= 0.6 is 0 Å². The average Bonchev–Trinajstić information content (AvgIpc) is 2.00. The van der Waals surface area contributed by atoms with Gasteiger partial charge in [-0.3, -0.25) is 0 Å². The lowest BCUT2D eigenvalue weighted by Gasteiger charge is -2.10. The predicted octanol–water partition coefficient (Wildman–Crippen LogP) is 2.41. The van der Waals surface area contributed by atoms with Gasteiger partial charge in [0.2, 0.25) is 0 Å². The van der Waals surface area contributed by atoms with Crippen molar-refractivity contribution in [3.05, 3.63) is 37.0 Å². The molecule has 0 aliphatic carbocycles. The molecular weight excluding hydrogens is 134 g/mol. The van der Waals surface area contributed by atoms with Crippen molar-refractivity contribution in [2.24, 2.45) is 5.73 Å². The molecule has 0 aliphatic heterocycles. The molecule has 0 heterocycles. The molecule has 62 valence electrons. The minimum atomic E-state index is 0.121. The maximum Gasteiger partial charge on any atom is 0.0294 e. The first-order chi connectivity index (χ1) is 5.26. The maximum absolute atomic E-state index is 5.84. The van der Waals surface area contributed by atoms with Crippen molar-refractivity contribution in [3.8, 4) is 0 Å². The summed E-state index contributed by atoms with van der Waals surface area (Å²) in [5.74, 6) is 0. The molecule has 0 saturated carbocycles. The van der Waals surface area contributed by atoms with Gasteiger partial charge in [-0.05, 0) is 12.0 Å². The number of rotatable bonds is 5. The molecule has 0 spiro atoms. The van der Waals surface area contributed by atoms with Crippen LogP contribution in [0.1, 0.15) is 19.8 Å². The first-order valence-electron chi connectivity index (χ1n) is 3.96. The number of nitrogens with two attached hydrogens (primary N) is 1. The second-order valence-corrected chi connectivity index (χ2v) is 2.50. The van der Waals surface area contributed by atoms with Gasteiger partial charge in [0.15, 0.2) is 0 Å². The molecule has 0 amide bonds. The first kappa shape index (κ1) is 10.2. The Morgan fingerprint density at radius 2 is 2.18 bits per heavy atom. The lowest BCUT2D eigenvalue weighted by Crippen LogP contribution is -2.21. The van der Waals surface area contributed by atoms with Gasteiger partial charge in [0.1, 0.15) is 0 Å². The van der Waals surface area contributed by atoms with Crippen molar-refractivity contribution in [1.82, 2.24) is 0 Å². The SMILES string of the molecule is C=C/C=C(\C=C)C(N)CCC. The summed E-state index contributed by atoms with van der Waals surface area (Å²) in [5, 5.41) is 0. The summed E-state index contributed by atoms with van der Waals surface area (Å²) in [6.45, 7) is 9.42. The van der Waals surface area contributed by atoms with Crippen molar-refractivity contribution >= 4 is 0 Å². The largest absolute Gasteiger partial charge is 0.324 e. The van der Waals surface area contributed by atoms with Crippen LogP contribution in [0.5, 0.6) is 0 Å². The zero-order valence-electron chi connectivity index (χ0n) is 7.22. The van der Waals surface area contributed by atoms with E-state index in [0.29, 0.717) is 0 Å². The van der Waals surface area contributed by atoms with Gasteiger partial charge >= 0.3 is 0 Å². The molecular formula is C10H17N. The Hall–Kier alpha value is -0.820. The zero-order chi connectivity index (χ0) is 8.69. The fourth-order valence-electron chi connectivity index (χ4n) is 0.957. The summed E-state index contributed by atoms with van der Waals surface area (Å²) in [4.78, 5) is 0. The van der Waals surface area contributed by atoms with Crippen LogP contribution in [-0.4, -0.2) is 6.04 Å². The van der Waals surface area contributed by atoms with E-state index in [1.54, 1.807) is 12.2 Å². The Morgan fingerprint density at radius 1 is 1.55 bits per heavy atom. The Labute approximate surface area is 69.3 Å². The van der Waals surface area contributed by atoms with Crippen molar-refractivity contribution < 1.29 is 0 Å². The average molecular weight is 151 g/mol. The summed E-state index contributed by atoms with van der Waals surface area (Å²) >= 11 is 0. The zero-order valence-corrected chi connectivity index (χ0v) is 7.22. The monoisotopic (exact) mass is 151 g/mol. The first-order valence-corrected chi connectivity index (χ1v) is 3.96. The van der Waals surface area contributed by atoms with Gasteiger partial charge in [0.25, 0.3) is 0 Å². The minimum Gasteiger partial charge on any atom is -0.324 e. The molecule has 0 rings (SSSR count). The third kappa shape index (κ3) is 3.79. The fourth-order valence-corrected chi connectivity index (χ4v) is 0.957. The Morgan fingerprint density at radius 3 is 2.55 bits per heavy atom. The van der Waals surface area contributed by atoms with Crippen molar-refractivity contribution in [1.29, 1.82) is 0 Å². The van der Waals surface area contributed by atoms with E-state index in [1.807, 2.05) is 6.08 Å². The highest BCUT2D eigenvalue weighted by Gasteiger charge is 2.02. The van der Waals surface area contributed by atoms with Gasteiger partial charge in [-0.15, -0.1) is 0 Å². The van der Waals surface area contributed by atoms with Gasteiger partial charge in [0.05, 0.1) is 0 Å². The van der Waals surface area contributed by atoms with Gasteiger partial charge in [0, 0.05) is 6.04 Å². The van der Waals surface area contributed by atoms with E-state index < -0.39 is 0 Å². The van der Waals surface area contributed by atoms with E-state index in [4.69, 9.17) is 5.73 Å². The smallest absolute Gasteiger partial charge is 0.0294 e. The maximum atomic E-state index is 5.84. The molecule has 1 nitrogen and oxygen atoms in total. The van der Waals surface area contributed by atoms with Crippen LogP contribution < -0.4 is 5.73 Å². The third-order valence-corrected chi connectivity index (χ3v) is 1.57. The normalized spacial score (nSPS) is 14.2. The van der Waals surface area contributed by atoms with Crippen LogP contribution in [0.2, 0.25) is 0 Å². The highest BCUT2D eigenvalue weighted by Crippen LogP contribution is 2.06. The van der Waals surface area contributed by atoms with Crippen LogP contribution in [0.3, 0.4) is 0 Å². The Kier molecular flexibility index (Phi) is 5.49. The van der Waals surface area contributed by atoms with Crippen molar-refractivity contribution in [3.63, 3.8) is 0 Å². The van der Waals surface area contributed by atoms with E-state index >= 15 is 0 Å². The molecule has 1 atom stereocenters. The Bertz CT molecular complexity index is 156. The quantitative estimate of drug-likeness (QED) is 0.600. The van der Waals surface area contributed by atoms with Crippen molar-refractivity contribution in [2.75, 3.05) is 0 Å². The van der Waals surface area contributed by atoms with Crippen LogP contribution in [0.25, 0.3) is 0 Å². The Balaban J connectivity index is 4.12. The molecule has 0 saturated heterocycles. The van der Waals surface area contributed by atoms with E-state index in [-0.39, 0.29) is 6.04 Å². The molecule has 2 N–H and O–H groups in total. The molecule has 0 radical (unpaired) electrons. The second-order valence-electron chi connectivity index (χ2n) is 2.50. The summed E-state index contributed by atoms with van der Waals surface area (Å²) in [6.07, 6.45) is 7.55. The lowest BCUT2D eigenvalue weighted by atomic mass is 10.0. The summed E-state index contributed by atoms with van der Waals surface area (Å²) in [7, 11) is 0. The van der Waals surface area contributed by atoms with E-state index in [0.717, 1.165) is 18.4 Å². The third-order valence-electron chi connectivity index (χ3n) is 1.57. The van der Waals surface area contributed by atoms with E-state index in [1.165, 1.54) is 0 Å². The van der Waals surface area contributed by atoms with Gasteiger partial charge in [-0.1, -0.05) is 44.7 Å². The van der Waals surface area contributed by atoms with Crippen molar-refractivity contribution in [2.45, 2.75) is 25.8 Å². The molecule has 0 aliphatic rings. The van der Waals surface area contributed by atoms with E-state index in [9.17, 15) is 0 Å². The highest BCUT2D eigenvalue weighted by atomic mass is 14.6. The molecule has 0 bridgehead atoms. The summed E-state index contributed by atoms with van der Waals surface area (Å²) in [6, 6.07) is 0.121. The van der Waals surface area contributed by atoms with Crippen LogP contribution in [0, 0.1) is 0 Å². The lowest BCUT2D eigenvalue weighted by molar-refractivity contribution is 0.685. The number of hydrogen-bond donors (Lipinski definition) is 1. The molecule has 0 aromatic heterocycles. The van der Waals surface area contributed by atoms with Crippen LogP contribution in [0.15, 0.2) is 37.0 Å². The summed E-state index contributed by atoms with van der Waals surface area (Å²) in [5.41, 5.74) is 6.91. The molecule has 1 heteroatoms. The van der Waals surface area contributed by atoms with E-state index in [2.05, 4.69) is 20.1 Å². The van der Waals surface area contributed by atoms with Crippen LogP contribution in [0.4, 0.5) is 0 Å². The molecule has 0 aromatic carbocycles. The predicted molar refractivity (Wildman–Crippen MR) is 51.4 cm³/mol. The van der Waals surface area contributed by atoms with Crippen LogP contribution in [-0.2, 0) is 0 Å². The minimum absolute atomic E-state index is 0.121. The molecule has 1 unspecified atom stereocenters. The highest BCUT2D eigenvalue weighted by molar-refractivity contribution is 5.25. The number of allylic oxidation sites excluding steroid dienone is 2. The molecule has 0 fully saturated rings. The number of hydrogen-bond acceptors (Lipinski definition) is 1. The van der Waals surface area contributed by atoms with Gasteiger partial charge < -0.3 is 5.73 Å². The second kappa shape index (κ2) is 5.93. The topological polar surface area (TPSA) is 26.0 Å².